The number of hydrogen-bond acceptors (Lipinski definition) is 2. The van der Waals surface area contributed by atoms with Crippen LogP contribution in [0.4, 0.5) is 5.69 Å². The van der Waals surface area contributed by atoms with Gasteiger partial charge in [-0.1, -0.05) is 30.9 Å². The van der Waals surface area contributed by atoms with Gasteiger partial charge in [-0.25, -0.2) is 0 Å². The number of benzene rings is 1. The molecule has 0 aliphatic heterocycles. The van der Waals surface area contributed by atoms with E-state index < -0.39 is 0 Å². The molecule has 0 bridgehead atoms. The molecule has 0 spiro atoms. The van der Waals surface area contributed by atoms with Crippen molar-refractivity contribution in [3.8, 4) is 6.07 Å². The fourth-order valence-electron chi connectivity index (χ4n) is 2.73. The molecule has 0 heterocycles. The van der Waals surface area contributed by atoms with Crippen LogP contribution in [0.1, 0.15) is 44.6 Å². The molecule has 0 radical (unpaired) electrons. The summed E-state index contributed by atoms with van der Waals surface area (Å²) in [4.78, 5) is 0. The Kier molecular flexibility index (Phi) is 4.49. The van der Waals surface area contributed by atoms with Gasteiger partial charge in [0.1, 0.15) is 6.07 Å². The second-order valence-corrected chi connectivity index (χ2v) is 5.57. The Bertz CT molecular complexity index is 444. The van der Waals surface area contributed by atoms with Gasteiger partial charge in [0.15, 0.2) is 0 Å². The lowest BCUT2D eigenvalue weighted by atomic mass is 9.84. The largest absolute Gasteiger partial charge is 0.381 e. The maximum absolute atomic E-state index is 9.12. The number of halogens is 1. The quantitative estimate of drug-likeness (QED) is 0.865. The molecule has 0 aromatic heterocycles. The van der Waals surface area contributed by atoms with Gasteiger partial charge < -0.3 is 5.32 Å². The zero-order chi connectivity index (χ0) is 13.0. The van der Waals surface area contributed by atoms with Crippen molar-refractivity contribution in [1.29, 1.82) is 5.26 Å². The summed E-state index contributed by atoms with van der Waals surface area (Å²) in [5.41, 5.74) is 1.53. The molecule has 1 N–H and O–H groups in total. The minimum Gasteiger partial charge on any atom is -0.381 e. The summed E-state index contributed by atoms with van der Waals surface area (Å²) in [6, 6.07) is 8.07. The molecule has 2 nitrogen and oxygen atoms in total. The molecule has 1 aromatic rings. The van der Waals surface area contributed by atoms with Gasteiger partial charge in [0.2, 0.25) is 0 Å². The third-order valence-electron chi connectivity index (χ3n) is 3.84. The van der Waals surface area contributed by atoms with Crippen LogP contribution in [0.5, 0.6) is 0 Å². The van der Waals surface area contributed by atoms with Crippen molar-refractivity contribution >= 4 is 17.3 Å². The minimum absolute atomic E-state index is 0.415. The second kappa shape index (κ2) is 6.11. The van der Waals surface area contributed by atoms with Crippen LogP contribution in [-0.2, 0) is 0 Å². The van der Waals surface area contributed by atoms with Gasteiger partial charge in [0.25, 0.3) is 0 Å². The maximum atomic E-state index is 9.12. The first-order chi connectivity index (χ1) is 8.70. The summed E-state index contributed by atoms with van der Waals surface area (Å²) in [7, 11) is 0. The van der Waals surface area contributed by atoms with Gasteiger partial charge in [-0.15, -0.1) is 0 Å². The molecule has 2 rings (SSSR count). The first-order valence-electron chi connectivity index (χ1n) is 6.67. The molecule has 1 saturated carbocycles. The zero-order valence-electron chi connectivity index (χ0n) is 10.7. The SMILES string of the molecule is CC(Nc1ccc(Cl)cc1C#N)C1CCCCC1. The number of nitriles is 1. The number of nitrogens with one attached hydrogen (secondary N) is 1. The summed E-state index contributed by atoms with van der Waals surface area (Å²) in [5, 5.41) is 13.2. The minimum atomic E-state index is 0.415. The highest BCUT2D eigenvalue weighted by molar-refractivity contribution is 6.30. The van der Waals surface area contributed by atoms with Gasteiger partial charge >= 0.3 is 0 Å². The summed E-state index contributed by atoms with van der Waals surface area (Å²) < 4.78 is 0. The lowest BCUT2D eigenvalue weighted by Crippen LogP contribution is -2.27. The highest BCUT2D eigenvalue weighted by atomic mass is 35.5. The van der Waals surface area contributed by atoms with Gasteiger partial charge in [-0.2, -0.15) is 5.26 Å². The molecule has 1 fully saturated rings. The molecular weight excluding hydrogens is 244 g/mol. The molecule has 3 heteroatoms. The normalized spacial score (nSPS) is 18.1. The lowest BCUT2D eigenvalue weighted by Gasteiger charge is -2.29. The third kappa shape index (κ3) is 3.17. The first kappa shape index (κ1) is 13.2. The van der Waals surface area contributed by atoms with E-state index >= 15 is 0 Å². The molecule has 1 aliphatic carbocycles. The van der Waals surface area contributed by atoms with Gasteiger partial charge in [0, 0.05) is 11.1 Å². The van der Waals surface area contributed by atoms with Crippen LogP contribution in [0, 0.1) is 17.2 Å². The second-order valence-electron chi connectivity index (χ2n) is 5.13. The Labute approximate surface area is 114 Å². The molecule has 0 saturated heterocycles. The summed E-state index contributed by atoms with van der Waals surface area (Å²) in [6.07, 6.45) is 6.63. The fraction of sp³-hybridized carbons (Fsp3) is 0.533. The smallest absolute Gasteiger partial charge is 0.101 e. The van der Waals surface area contributed by atoms with Crippen LogP contribution in [-0.4, -0.2) is 6.04 Å². The van der Waals surface area contributed by atoms with Gasteiger partial charge in [-0.3, -0.25) is 0 Å². The topological polar surface area (TPSA) is 35.8 Å². The Morgan fingerprint density at radius 3 is 2.72 bits per heavy atom. The van der Waals surface area contributed by atoms with Crippen LogP contribution in [0.25, 0.3) is 0 Å². The van der Waals surface area contributed by atoms with Crippen LogP contribution in [0.3, 0.4) is 0 Å². The average Bonchev–Trinajstić information content (AvgIpc) is 2.41. The van der Waals surface area contributed by atoms with E-state index in [0.29, 0.717) is 16.6 Å². The van der Waals surface area contributed by atoms with Crippen LogP contribution >= 0.6 is 11.6 Å². The number of rotatable bonds is 3. The molecular formula is C15H19ClN2. The molecule has 1 atom stereocenters. The number of nitrogens with zero attached hydrogens (tertiary/aromatic N) is 1. The van der Waals surface area contributed by atoms with E-state index in [1.165, 1.54) is 32.1 Å². The van der Waals surface area contributed by atoms with Crippen molar-refractivity contribution in [1.82, 2.24) is 0 Å². The highest BCUT2D eigenvalue weighted by Gasteiger charge is 2.20. The van der Waals surface area contributed by atoms with Gasteiger partial charge in [0.05, 0.1) is 11.3 Å². The highest BCUT2D eigenvalue weighted by Crippen LogP contribution is 2.29. The standard InChI is InChI=1S/C15H19ClN2/c1-11(12-5-3-2-4-6-12)18-15-8-7-14(16)9-13(15)10-17/h7-9,11-12,18H,2-6H2,1H3. The number of anilines is 1. The van der Waals surface area contributed by atoms with Crippen molar-refractivity contribution in [2.75, 3.05) is 5.32 Å². The van der Waals surface area contributed by atoms with E-state index in [2.05, 4.69) is 18.3 Å². The predicted molar refractivity (Wildman–Crippen MR) is 75.8 cm³/mol. The van der Waals surface area contributed by atoms with Crippen molar-refractivity contribution in [3.63, 3.8) is 0 Å². The Morgan fingerprint density at radius 1 is 1.33 bits per heavy atom. The first-order valence-corrected chi connectivity index (χ1v) is 7.04. The summed E-state index contributed by atoms with van der Waals surface area (Å²) in [6.45, 7) is 2.21. The van der Waals surface area contributed by atoms with Crippen LogP contribution < -0.4 is 5.32 Å². The summed E-state index contributed by atoms with van der Waals surface area (Å²) in [5.74, 6) is 0.723. The summed E-state index contributed by atoms with van der Waals surface area (Å²) >= 11 is 5.90. The van der Waals surface area contributed by atoms with E-state index in [1.807, 2.05) is 12.1 Å². The van der Waals surface area contributed by atoms with E-state index in [4.69, 9.17) is 16.9 Å². The van der Waals surface area contributed by atoms with Crippen molar-refractivity contribution in [3.05, 3.63) is 28.8 Å². The molecule has 1 aliphatic rings. The Hall–Kier alpha value is -1.20. The third-order valence-corrected chi connectivity index (χ3v) is 4.08. The molecule has 96 valence electrons. The average molecular weight is 263 g/mol. The van der Waals surface area contributed by atoms with Crippen LogP contribution in [0.2, 0.25) is 5.02 Å². The number of hydrogen-bond donors (Lipinski definition) is 1. The Balaban J connectivity index is 2.06. The van der Waals surface area contributed by atoms with Crippen molar-refractivity contribution in [2.24, 2.45) is 5.92 Å². The zero-order valence-corrected chi connectivity index (χ0v) is 11.5. The van der Waals surface area contributed by atoms with Crippen LogP contribution in [0.15, 0.2) is 18.2 Å². The van der Waals surface area contributed by atoms with E-state index in [9.17, 15) is 0 Å². The molecule has 18 heavy (non-hydrogen) atoms. The monoisotopic (exact) mass is 262 g/mol. The predicted octanol–water partition coefficient (Wildman–Crippen LogP) is 4.59. The van der Waals surface area contributed by atoms with E-state index in [1.54, 1.807) is 6.07 Å². The Morgan fingerprint density at radius 2 is 2.06 bits per heavy atom. The fourth-order valence-corrected chi connectivity index (χ4v) is 2.90. The van der Waals surface area contributed by atoms with E-state index in [-0.39, 0.29) is 0 Å². The van der Waals surface area contributed by atoms with Crippen molar-refractivity contribution < 1.29 is 0 Å². The van der Waals surface area contributed by atoms with E-state index in [0.717, 1.165) is 11.6 Å². The van der Waals surface area contributed by atoms with Gasteiger partial charge in [-0.05, 0) is 43.9 Å². The lowest BCUT2D eigenvalue weighted by molar-refractivity contribution is 0.328. The van der Waals surface area contributed by atoms with Crippen molar-refractivity contribution in [2.45, 2.75) is 45.1 Å². The molecule has 1 unspecified atom stereocenters. The maximum Gasteiger partial charge on any atom is 0.101 e. The molecule has 1 aromatic carbocycles. The molecule has 0 amide bonds.